The molecule has 2 aromatic heterocycles. The Morgan fingerprint density at radius 3 is 2.33 bits per heavy atom. The molecule has 1 N–H and O–H groups in total. The molecule has 3 aromatic rings. The molecule has 3 rings (SSSR count). The maximum atomic E-state index is 5.25. The summed E-state index contributed by atoms with van der Waals surface area (Å²) in [5, 5.41) is 7.68. The molecule has 2 heterocycles. The topological polar surface area (TPSA) is 87.0 Å². The number of methoxy groups -OCH3 is 2. The van der Waals surface area contributed by atoms with E-state index in [2.05, 4.69) is 25.4 Å². The largest absolute Gasteiger partial charge is 0.497 e. The molecule has 1 aromatic carbocycles. The minimum Gasteiger partial charge on any atom is -0.497 e. The highest BCUT2D eigenvalue weighted by atomic mass is 16.5. The molecule has 0 aliphatic rings. The minimum atomic E-state index is 0.273. The van der Waals surface area contributed by atoms with Crippen molar-refractivity contribution >= 4 is 5.95 Å². The summed E-state index contributed by atoms with van der Waals surface area (Å²) in [6.07, 6.45) is 0.832. The number of anilines is 1. The Balaban J connectivity index is 1.77. The van der Waals surface area contributed by atoms with Gasteiger partial charge in [0.2, 0.25) is 5.95 Å². The van der Waals surface area contributed by atoms with Crippen LogP contribution in [0, 0.1) is 13.8 Å². The van der Waals surface area contributed by atoms with Gasteiger partial charge in [0.15, 0.2) is 5.82 Å². The molecule has 0 spiro atoms. The maximum absolute atomic E-state index is 5.25. The molecular weight excluding hydrogens is 344 g/mol. The van der Waals surface area contributed by atoms with Crippen molar-refractivity contribution in [2.45, 2.75) is 20.3 Å². The van der Waals surface area contributed by atoms with Gasteiger partial charge < -0.3 is 14.8 Å². The molecular formula is C19H24N6O2. The van der Waals surface area contributed by atoms with Crippen molar-refractivity contribution in [1.29, 1.82) is 0 Å². The van der Waals surface area contributed by atoms with Gasteiger partial charge in [-0.1, -0.05) is 12.1 Å². The number of ether oxygens (including phenoxy) is 2. The fourth-order valence-corrected chi connectivity index (χ4v) is 2.85. The first kappa shape index (κ1) is 18.6. The van der Waals surface area contributed by atoms with E-state index in [9.17, 15) is 0 Å². The molecule has 0 amide bonds. The second kappa shape index (κ2) is 8.03. The van der Waals surface area contributed by atoms with E-state index in [0.29, 0.717) is 18.3 Å². The van der Waals surface area contributed by atoms with Crippen molar-refractivity contribution in [3.05, 3.63) is 41.2 Å². The van der Waals surface area contributed by atoms with Crippen LogP contribution in [-0.4, -0.2) is 45.5 Å². The molecule has 0 bridgehead atoms. The molecule has 8 nitrogen and oxygen atoms in total. The summed E-state index contributed by atoms with van der Waals surface area (Å²) in [5.74, 6) is 1.88. The fourth-order valence-electron chi connectivity index (χ4n) is 2.85. The predicted octanol–water partition coefficient (Wildman–Crippen LogP) is 2.56. The molecule has 0 saturated heterocycles. The van der Waals surface area contributed by atoms with E-state index in [1.54, 1.807) is 14.2 Å². The number of nitrogens with zero attached hydrogens (tertiary/aromatic N) is 5. The first-order valence-corrected chi connectivity index (χ1v) is 8.69. The van der Waals surface area contributed by atoms with E-state index < -0.39 is 0 Å². The van der Waals surface area contributed by atoms with Crippen LogP contribution in [0.15, 0.2) is 24.3 Å². The third-order valence-corrected chi connectivity index (χ3v) is 4.39. The summed E-state index contributed by atoms with van der Waals surface area (Å²) in [6, 6.07) is 8.26. The molecule has 0 aliphatic carbocycles. The zero-order valence-electron chi connectivity index (χ0n) is 16.3. The lowest BCUT2D eigenvalue weighted by Crippen LogP contribution is -2.10. The van der Waals surface area contributed by atoms with Crippen LogP contribution in [0.25, 0.3) is 11.4 Å². The second-order valence-corrected chi connectivity index (χ2v) is 6.16. The number of nitrogens with one attached hydrogen (secondary N) is 1. The van der Waals surface area contributed by atoms with Crippen LogP contribution in [0.3, 0.4) is 0 Å². The summed E-state index contributed by atoms with van der Waals surface area (Å²) >= 11 is 0. The van der Waals surface area contributed by atoms with Crippen molar-refractivity contribution in [3.63, 3.8) is 0 Å². The van der Waals surface area contributed by atoms with Crippen LogP contribution in [0.1, 0.15) is 17.0 Å². The molecule has 0 radical (unpaired) electrons. The van der Waals surface area contributed by atoms with Crippen LogP contribution in [0.2, 0.25) is 0 Å². The van der Waals surface area contributed by atoms with E-state index in [4.69, 9.17) is 9.47 Å². The van der Waals surface area contributed by atoms with Crippen LogP contribution < -0.4 is 14.8 Å². The molecule has 0 aliphatic heterocycles. The Bertz CT molecular complexity index is 921. The molecule has 0 atom stereocenters. The summed E-state index contributed by atoms with van der Waals surface area (Å²) in [7, 11) is 5.11. The number of aryl methyl sites for hydroxylation is 2. The molecule has 0 fully saturated rings. The van der Waals surface area contributed by atoms with Crippen LogP contribution >= 0.6 is 0 Å². The number of hydrogen-bond acceptors (Lipinski definition) is 7. The van der Waals surface area contributed by atoms with Gasteiger partial charge in [0.1, 0.15) is 5.75 Å². The first-order chi connectivity index (χ1) is 13.0. The monoisotopic (exact) mass is 368 g/mol. The van der Waals surface area contributed by atoms with Gasteiger partial charge in [0.05, 0.1) is 25.5 Å². The van der Waals surface area contributed by atoms with E-state index in [1.165, 1.54) is 5.56 Å². The Hall–Kier alpha value is -3.16. The molecule has 0 saturated carbocycles. The third-order valence-electron chi connectivity index (χ3n) is 4.39. The van der Waals surface area contributed by atoms with Crippen molar-refractivity contribution < 1.29 is 9.47 Å². The van der Waals surface area contributed by atoms with Gasteiger partial charge in [-0.05, 0) is 38.0 Å². The lowest BCUT2D eigenvalue weighted by Gasteiger charge is -2.09. The summed E-state index contributed by atoms with van der Waals surface area (Å²) < 4.78 is 12.2. The van der Waals surface area contributed by atoms with E-state index >= 15 is 0 Å². The summed E-state index contributed by atoms with van der Waals surface area (Å²) in [5.41, 5.74) is 3.96. The first-order valence-electron chi connectivity index (χ1n) is 8.69. The number of aromatic nitrogens is 5. The van der Waals surface area contributed by atoms with Crippen molar-refractivity contribution in [1.82, 2.24) is 24.7 Å². The third kappa shape index (κ3) is 4.16. The van der Waals surface area contributed by atoms with Gasteiger partial charge in [-0.3, -0.25) is 4.68 Å². The Morgan fingerprint density at radius 2 is 1.74 bits per heavy atom. The van der Waals surface area contributed by atoms with Crippen molar-refractivity contribution in [2.24, 2.45) is 7.05 Å². The van der Waals surface area contributed by atoms with Gasteiger partial charge in [-0.25, -0.2) is 0 Å². The Kier molecular flexibility index (Phi) is 5.54. The van der Waals surface area contributed by atoms with Crippen LogP contribution in [0.5, 0.6) is 11.8 Å². The maximum Gasteiger partial charge on any atom is 0.321 e. The standard InChI is InChI=1S/C19H24N6O2/c1-12-16(13(2)25(3)24-12)17-21-18(23-19(22-17)27-5)20-11-10-14-6-8-15(26-4)9-7-14/h6-9H,10-11H2,1-5H3,(H,20,21,22,23). The second-order valence-electron chi connectivity index (χ2n) is 6.16. The molecule has 27 heavy (non-hydrogen) atoms. The zero-order valence-corrected chi connectivity index (χ0v) is 16.3. The SMILES string of the molecule is COc1ccc(CCNc2nc(OC)nc(-c3c(C)nn(C)c3C)n2)cc1. The summed E-state index contributed by atoms with van der Waals surface area (Å²) in [6.45, 7) is 4.61. The van der Waals surface area contributed by atoms with Gasteiger partial charge in [-0.2, -0.15) is 20.1 Å². The predicted molar refractivity (Wildman–Crippen MR) is 103 cm³/mol. The van der Waals surface area contributed by atoms with Crippen molar-refractivity contribution in [2.75, 3.05) is 26.1 Å². The summed E-state index contributed by atoms with van der Waals surface area (Å²) in [4.78, 5) is 13.2. The van der Waals surface area contributed by atoms with Gasteiger partial charge in [0, 0.05) is 19.3 Å². The van der Waals surface area contributed by atoms with E-state index in [-0.39, 0.29) is 6.01 Å². The van der Waals surface area contributed by atoms with E-state index in [1.807, 2.05) is 49.8 Å². The molecule has 8 heteroatoms. The minimum absolute atomic E-state index is 0.273. The van der Waals surface area contributed by atoms with Gasteiger partial charge in [0.25, 0.3) is 0 Å². The Labute approximate surface area is 158 Å². The van der Waals surface area contributed by atoms with Gasteiger partial charge in [-0.15, -0.1) is 0 Å². The van der Waals surface area contributed by atoms with Crippen molar-refractivity contribution in [3.8, 4) is 23.1 Å². The van der Waals surface area contributed by atoms with Gasteiger partial charge >= 0.3 is 6.01 Å². The smallest absolute Gasteiger partial charge is 0.321 e. The number of hydrogen-bond donors (Lipinski definition) is 1. The molecule has 142 valence electrons. The highest BCUT2D eigenvalue weighted by molar-refractivity contribution is 5.62. The number of rotatable bonds is 7. The lowest BCUT2D eigenvalue weighted by atomic mass is 10.1. The average Bonchev–Trinajstić information content (AvgIpc) is 2.93. The fraction of sp³-hybridized carbons (Fsp3) is 0.368. The highest BCUT2D eigenvalue weighted by Gasteiger charge is 2.17. The average molecular weight is 368 g/mol. The number of benzene rings is 1. The highest BCUT2D eigenvalue weighted by Crippen LogP contribution is 2.25. The van der Waals surface area contributed by atoms with Crippen LogP contribution in [0.4, 0.5) is 5.95 Å². The normalized spacial score (nSPS) is 10.7. The van der Waals surface area contributed by atoms with E-state index in [0.717, 1.165) is 29.1 Å². The van der Waals surface area contributed by atoms with Crippen LogP contribution in [-0.2, 0) is 13.5 Å². The Morgan fingerprint density at radius 1 is 1.00 bits per heavy atom. The lowest BCUT2D eigenvalue weighted by molar-refractivity contribution is 0.379. The zero-order chi connectivity index (χ0) is 19.4. The quantitative estimate of drug-likeness (QED) is 0.686. The molecule has 0 unspecified atom stereocenters.